The lowest BCUT2D eigenvalue weighted by Crippen LogP contribution is -2.47. The largest absolute Gasteiger partial charge is 0.497 e. The maximum absolute atomic E-state index is 12.0. The third-order valence-corrected chi connectivity index (χ3v) is 4.65. The van der Waals surface area contributed by atoms with Crippen molar-refractivity contribution in [2.45, 2.75) is 45.2 Å². The lowest BCUT2D eigenvalue weighted by molar-refractivity contribution is -0.120. The van der Waals surface area contributed by atoms with E-state index in [4.69, 9.17) is 4.74 Å². The van der Waals surface area contributed by atoms with Gasteiger partial charge in [0.05, 0.1) is 13.7 Å². The maximum atomic E-state index is 12.0. The van der Waals surface area contributed by atoms with Crippen molar-refractivity contribution >= 4 is 35.8 Å². The minimum absolute atomic E-state index is 0. The van der Waals surface area contributed by atoms with Crippen LogP contribution in [0.4, 0.5) is 0 Å². The number of benzene rings is 1. The zero-order chi connectivity index (χ0) is 18.1. The van der Waals surface area contributed by atoms with Crippen LogP contribution in [0.5, 0.6) is 5.75 Å². The van der Waals surface area contributed by atoms with Crippen LogP contribution in [0.15, 0.2) is 29.3 Å². The van der Waals surface area contributed by atoms with E-state index in [-0.39, 0.29) is 36.4 Å². The Morgan fingerprint density at radius 1 is 1.15 bits per heavy atom. The van der Waals surface area contributed by atoms with E-state index < -0.39 is 0 Å². The van der Waals surface area contributed by atoms with Crippen LogP contribution in [-0.2, 0) is 11.3 Å². The van der Waals surface area contributed by atoms with Crippen LogP contribution < -0.4 is 20.7 Å². The molecule has 0 radical (unpaired) electrons. The Bertz CT molecular complexity index is 569. The molecule has 0 aromatic heterocycles. The number of rotatable bonds is 6. The molecule has 3 N–H and O–H groups in total. The summed E-state index contributed by atoms with van der Waals surface area (Å²) in [4.78, 5) is 16.2. The number of nitrogens with one attached hydrogen (secondary N) is 3. The number of ether oxygens (including phenoxy) is 1. The SMILES string of the molecule is CN=C(NCC(=O)NCc1ccc(OC)cc1)NC1CCC(C)CC1.I. The van der Waals surface area contributed by atoms with Crippen molar-refractivity contribution in [3.63, 3.8) is 0 Å². The zero-order valence-corrected chi connectivity index (χ0v) is 18.2. The van der Waals surface area contributed by atoms with Crippen LogP contribution in [0.25, 0.3) is 0 Å². The molecule has 1 aromatic rings. The van der Waals surface area contributed by atoms with Gasteiger partial charge in [0.15, 0.2) is 5.96 Å². The number of amides is 1. The van der Waals surface area contributed by atoms with E-state index >= 15 is 0 Å². The summed E-state index contributed by atoms with van der Waals surface area (Å²) in [7, 11) is 3.37. The average molecular weight is 474 g/mol. The van der Waals surface area contributed by atoms with Crippen molar-refractivity contribution in [2.24, 2.45) is 10.9 Å². The third-order valence-electron chi connectivity index (χ3n) is 4.65. The molecule has 6 nitrogen and oxygen atoms in total. The van der Waals surface area contributed by atoms with E-state index in [1.807, 2.05) is 24.3 Å². The molecule has 1 aliphatic carbocycles. The lowest BCUT2D eigenvalue weighted by atomic mass is 9.87. The van der Waals surface area contributed by atoms with Crippen LogP contribution in [-0.4, -0.2) is 38.6 Å². The normalized spacial score (nSPS) is 19.9. The fraction of sp³-hybridized carbons (Fsp3) is 0.579. The van der Waals surface area contributed by atoms with Crippen molar-refractivity contribution in [3.05, 3.63) is 29.8 Å². The Balaban J connectivity index is 0.00000338. The van der Waals surface area contributed by atoms with E-state index in [0.29, 0.717) is 18.5 Å². The first-order valence-electron chi connectivity index (χ1n) is 8.97. The molecule has 0 saturated heterocycles. The van der Waals surface area contributed by atoms with Gasteiger partial charge >= 0.3 is 0 Å². The van der Waals surface area contributed by atoms with Gasteiger partial charge in [-0.15, -0.1) is 24.0 Å². The van der Waals surface area contributed by atoms with Crippen molar-refractivity contribution in [1.82, 2.24) is 16.0 Å². The van der Waals surface area contributed by atoms with Gasteiger partial charge < -0.3 is 20.7 Å². The third kappa shape index (κ3) is 7.80. The first-order chi connectivity index (χ1) is 12.1. The van der Waals surface area contributed by atoms with Crippen LogP contribution in [0.2, 0.25) is 0 Å². The van der Waals surface area contributed by atoms with Gasteiger partial charge in [0.25, 0.3) is 0 Å². The highest BCUT2D eigenvalue weighted by Crippen LogP contribution is 2.23. The van der Waals surface area contributed by atoms with Crippen LogP contribution in [0, 0.1) is 5.92 Å². The van der Waals surface area contributed by atoms with E-state index in [1.54, 1.807) is 14.2 Å². The number of nitrogens with zero attached hydrogens (tertiary/aromatic N) is 1. The number of hydrogen-bond donors (Lipinski definition) is 3. The number of hydrogen-bond acceptors (Lipinski definition) is 3. The maximum Gasteiger partial charge on any atom is 0.239 e. The molecule has 2 rings (SSSR count). The molecule has 0 unspecified atom stereocenters. The summed E-state index contributed by atoms with van der Waals surface area (Å²) in [5.41, 5.74) is 1.04. The Hall–Kier alpha value is -1.51. The minimum atomic E-state index is -0.0592. The van der Waals surface area contributed by atoms with E-state index in [2.05, 4.69) is 27.9 Å². The summed E-state index contributed by atoms with van der Waals surface area (Å²) in [5, 5.41) is 9.40. The average Bonchev–Trinajstić information content (AvgIpc) is 2.65. The highest BCUT2D eigenvalue weighted by molar-refractivity contribution is 14.0. The monoisotopic (exact) mass is 474 g/mol. The topological polar surface area (TPSA) is 74.8 Å². The van der Waals surface area contributed by atoms with E-state index in [0.717, 1.165) is 30.1 Å². The Morgan fingerprint density at radius 2 is 1.81 bits per heavy atom. The Labute approximate surface area is 173 Å². The van der Waals surface area contributed by atoms with Crippen molar-refractivity contribution in [1.29, 1.82) is 0 Å². The van der Waals surface area contributed by atoms with Gasteiger partial charge in [-0.1, -0.05) is 19.1 Å². The highest BCUT2D eigenvalue weighted by Gasteiger charge is 2.19. The van der Waals surface area contributed by atoms with Crippen LogP contribution in [0.3, 0.4) is 0 Å². The molecule has 1 amide bonds. The summed E-state index contributed by atoms with van der Waals surface area (Å²) >= 11 is 0. The molecule has 1 aromatic carbocycles. The highest BCUT2D eigenvalue weighted by atomic mass is 127. The summed E-state index contributed by atoms with van der Waals surface area (Å²) in [5.74, 6) is 2.26. The fourth-order valence-corrected chi connectivity index (χ4v) is 2.96. The van der Waals surface area contributed by atoms with Gasteiger partial charge in [-0.2, -0.15) is 0 Å². The van der Waals surface area contributed by atoms with Gasteiger partial charge in [0, 0.05) is 19.6 Å². The summed E-state index contributed by atoms with van der Waals surface area (Å²) in [6.07, 6.45) is 4.81. The predicted octanol–water partition coefficient (Wildman–Crippen LogP) is 2.67. The van der Waals surface area contributed by atoms with Crippen molar-refractivity contribution in [3.8, 4) is 5.75 Å². The number of guanidine groups is 1. The van der Waals surface area contributed by atoms with Gasteiger partial charge in [-0.05, 0) is 49.3 Å². The molecular weight excluding hydrogens is 443 g/mol. The van der Waals surface area contributed by atoms with Crippen LogP contribution >= 0.6 is 24.0 Å². The smallest absolute Gasteiger partial charge is 0.239 e. The van der Waals surface area contributed by atoms with Crippen LogP contribution in [0.1, 0.15) is 38.2 Å². The number of carbonyl (C=O) groups excluding carboxylic acids is 1. The summed E-state index contributed by atoms with van der Waals surface area (Å²) in [6, 6.07) is 8.10. The van der Waals surface area contributed by atoms with Crippen molar-refractivity contribution < 1.29 is 9.53 Å². The minimum Gasteiger partial charge on any atom is -0.497 e. The second-order valence-corrected chi connectivity index (χ2v) is 6.65. The summed E-state index contributed by atoms with van der Waals surface area (Å²) in [6.45, 7) is 3.01. The lowest BCUT2D eigenvalue weighted by Gasteiger charge is -2.28. The molecule has 7 heteroatoms. The molecule has 26 heavy (non-hydrogen) atoms. The van der Waals surface area contributed by atoms with E-state index in [9.17, 15) is 4.79 Å². The first-order valence-corrected chi connectivity index (χ1v) is 8.97. The van der Waals surface area contributed by atoms with E-state index in [1.165, 1.54) is 12.8 Å². The molecule has 0 heterocycles. The quantitative estimate of drug-likeness (QED) is 0.337. The van der Waals surface area contributed by atoms with Gasteiger partial charge in [0.2, 0.25) is 5.91 Å². The van der Waals surface area contributed by atoms with Gasteiger partial charge in [0.1, 0.15) is 5.75 Å². The standard InChI is InChI=1S/C19H30N4O2.HI/c1-14-4-8-16(9-5-14)23-19(20-2)22-13-18(24)21-12-15-6-10-17(25-3)11-7-15;/h6-7,10-11,14,16H,4-5,8-9,12-13H2,1-3H3,(H,21,24)(H2,20,22,23);1H. The molecule has 1 aliphatic rings. The van der Waals surface area contributed by atoms with Gasteiger partial charge in [-0.25, -0.2) is 0 Å². The van der Waals surface area contributed by atoms with Crippen molar-refractivity contribution in [2.75, 3.05) is 20.7 Å². The second kappa shape index (κ2) is 12.0. The fourth-order valence-electron chi connectivity index (χ4n) is 2.96. The molecule has 0 bridgehead atoms. The Kier molecular flexibility index (Phi) is 10.4. The zero-order valence-electron chi connectivity index (χ0n) is 15.9. The molecule has 0 aliphatic heterocycles. The summed E-state index contributed by atoms with van der Waals surface area (Å²) < 4.78 is 5.12. The Morgan fingerprint density at radius 3 is 2.38 bits per heavy atom. The molecule has 0 spiro atoms. The first kappa shape index (κ1) is 22.5. The predicted molar refractivity (Wildman–Crippen MR) is 116 cm³/mol. The molecule has 1 fully saturated rings. The number of methoxy groups -OCH3 is 1. The number of carbonyl (C=O) groups is 1. The number of aliphatic imine (C=N–C) groups is 1. The second-order valence-electron chi connectivity index (χ2n) is 6.65. The molecule has 146 valence electrons. The molecular formula is C19H31IN4O2. The molecule has 1 saturated carbocycles. The van der Waals surface area contributed by atoms with Gasteiger partial charge in [-0.3, -0.25) is 9.79 Å². The molecule has 0 atom stereocenters. The number of halogens is 1.